The molecule has 0 unspecified atom stereocenters. The molecule has 0 aliphatic rings. The van der Waals surface area contributed by atoms with Crippen LogP contribution in [0.4, 0.5) is 0 Å². The van der Waals surface area contributed by atoms with Gasteiger partial charge in [-0.05, 0) is 31.6 Å². The maximum atomic E-state index is 2.49. The predicted molar refractivity (Wildman–Crippen MR) is 64.5 cm³/mol. The molecule has 2 N–H and O–H groups in total. The molecular formula is C13H30N+. The molecule has 0 bridgehead atoms. The van der Waals surface area contributed by atoms with E-state index in [-0.39, 0.29) is 0 Å². The monoisotopic (exact) mass is 200 g/mol. The Kier molecular flexibility index (Phi) is 11.0. The van der Waals surface area contributed by atoms with Gasteiger partial charge in [0.15, 0.2) is 0 Å². The van der Waals surface area contributed by atoms with Gasteiger partial charge < -0.3 is 5.32 Å². The molecule has 1 heteroatoms. The second-order valence-electron chi connectivity index (χ2n) is 4.82. The zero-order valence-electron chi connectivity index (χ0n) is 10.5. The SMILES string of the molecule is CCCCCCC[NH2+]CCCC(C)C. The summed E-state index contributed by atoms with van der Waals surface area (Å²) in [4.78, 5) is 0. The first-order chi connectivity index (χ1) is 6.77. The Labute approximate surface area is 90.7 Å². The van der Waals surface area contributed by atoms with Crippen LogP contribution in [0.5, 0.6) is 0 Å². The molecule has 0 saturated heterocycles. The third-order valence-corrected chi connectivity index (χ3v) is 2.70. The van der Waals surface area contributed by atoms with Crippen molar-refractivity contribution in [3.63, 3.8) is 0 Å². The van der Waals surface area contributed by atoms with Gasteiger partial charge in [-0.2, -0.15) is 0 Å². The van der Waals surface area contributed by atoms with Crippen molar-refractivity contribution in [2.75, 3.05) is 13.1 Å². The van der Waals surface area contributed by atoms with Gasteiger partial charge in [0.2, 0.25) is 0 Å². The van der Waals surface area contributed by atoms with E-state index >= 15 is 0 Å². The Morgan fingerprint density at radius 3 is 2.14 bits per heavy atom. The van der Waals surface area contributed by atoms with Crippen LogP contribution in [0.2, 0.25) is 0 Å². The summed E-state index contributed by atoms with van der Waals surface area (Å²) in [6, 6.07) is 0. The lowest BCUT2D eigenvalue weighted by Crippen LogP contribution is -2.84. The average molecular weight is 200 g/mol. The molecular weight excluding hydrogens is 170 g/mol. The summed E-state index contributed by atoms with van der Waals surface area (Å²) >= 11 is 0. The van der Waals surface area contributed by atoms with Crippen molar-refractivity contribution in [1.29, 1.82) is 0 Å². The molecule has 14 heavy (non-hydrogen) atoms. The predicted octanol–water partition coefficient (Wildman–Crippen LogP) is 2.96. The molecule has 0 aliphatic carbocycles. The van der Waals surface area contributed by atoms with E-state index in [1.807, 2.05) is 0 Å². The lowest BCUT2D eigenvalue weighted by molar-refractivity contribution is -0.655. The van der Waals surface area contributed by atoms with Crippen molar-refractivity contribution in [2.24, 2.45) is 5.92 Å². The normalized spacial score (nSPS) is 11.1. The summed E-state index contributed by atoms with van der Waals surface area (Å²) in [6.07, 6.45) is 9.87. The standard InChI is InChI=1S/C13H29N/c1-4-5-6-7-8-11-14-12-9-10-13(2)3/h13-14H,4-12H2,1-3H3/p+1. The highest BCUT2D eigenvalue weighted by Crippen LogP contribution is 2.01. The van der Waals surface area contributed by atoms with Crippen molar-refractivity contribution in [2.45, 2.75) is 65.7 Å². The Balaban J connectivity index is 2.85. The number of nitrogens with two attached hydrogens (primary N) is 1. The molecule has 0 amide bonds. The Hall–Kier alpha value is -0.0400. The van der Waals surface area contributed by atoms with Crippen LogP contribution in [-0.4, -0.2) is 13.1 Å². The number of quaternary nitrogens is 1. The van der Waals surface area contributed by atoms with Crippen molar-refractivity contribution >= 4 is 0 Å². The smallest absolute Gasteiger partial charge is 0.0755 e. The van der Waals surface area contributed by atoms with E-state index < -0.39 is 0 Å². The lowest BCUT2D eigenvalue weighted by atomic mass is 10.1. The van der Waals surface area contributed by atoms with Gasteiger partial charge in [-0.25, -0.2) is 0 Å². The molecule has 0 aliphatic heterocycles. The van der Waals surface area contributed by atoms with Gasteiger partial charge >= 0.3 is 0 Å². The van der Waals surface area contributed by atoms with E-state index in [2.05, 4.69) is 26.1 Å². The summed E-state index contributed by atoms with van der Waals surface area (Å²) in [5, 5.41) is 2.49. The largest absolute Gasteiger partial charge is 0.346 e. The minimum atomic E-state index is 0.882. The van der Waals surface area contributed by atoms with Gasteiger partial charge in [0.05, 0.1) is 13.1 Å². The van der Waals surface area contributed by atoms with Gasteiger partial charge in [-0.3, -0.25) is 0 Å². The zero-order valence-corrected chi connectivity index (χ0v) is 10.5. The van der Waals surface area contributed by atoms with Crippen LogP contribution in [-0.2, 0) is 0 Å². The maximum absolute atomic E-state index is 2.49. The Bertz CT molecular complexity index is 99.4. The third-order valence-electron chi connectivity index (χ3n) is 2.70. The lowest BCUT2D eigenvalue weighted by Gasteiger charge is -2.04. The highest BCUT2D eigenvalue weighted by atomic mass is 14.8. The highest BCUT2D eigenvalue weighted by Gasteiger charge is 1.95. The summed E-state index contributed by atoms with van der Waals surface area (Å²) in [6.45, 7) is 9.58. The summed E-state index contributed by atoms with van der Waals surface area (Å²) < 4.78 is 0. The van der Waals surface area contributed by atoms with Gasteiger partial charge in [-0.1, -0.05) is 40.0 Å². The number of unbranched alkanes of at least 4 members (excludes halogenated alkanes) is 4. The molecule has 0 heterocycles. The third kappa shape index (κ3) is 12.0. The molecule has 86 valence electrons. The average Bonchev–Trinajstić information content (AvgIpc) is 2.15. The van der Waals surface area contributed by atoms with Crippen molar-refractivity contribution in [3.05, 3.63) is 0 Å². The molecule has 0 atom stereocenters. The quantitative estimate of drug-likeness (QED) is 0.522. The van der Waals surface area contributed by atoms with E-state index in [0.717, 1.165) is 5.92 Å². The summed E-state index contributed by atoms with van der Waals surface area (Å²) in [5.41, 5.74) is 0. The molecule has 1 nitrogen and oxygen atoms in total. The first-order valence-corrected chi connectivity index (χ1v) is 6.59. The van der Waals surface area contributed by atoms with E-state index in [1.54, 1.807) is 0 Å². The molecule has 0 saturated carbocycles. The number of rotatable bonds is 10. The second kappa shape index (κ2) is 11.0. The van der Waals surface area contributed by atoms with Crippen molar-refractivity contribution in [3.8, 4) is 0 Å². The van der Waals surface area contributed by atoms with Crippen LogP contribution in [0.15, 0.2) is 0 Å². The van der Waals surface area contributed by atoms with Gasteiger partial charge in [0, 0.05) is 0 Å². The molecule has 0 aromatic rings. The van der Waals surface area contributed by atoms with E-state index in [1.165, 1.54) is 58.0 Å². The van der Waals surface area contributed by atoms with E-state index in [0.29, 0.717) is 0 Å². The van der Waals surface area contributed by atoms with Crippen molar-refractivity contribution < 1.29 is 5.32 Å². The Morgan fingerprint density at radius 2 is 1.50 bits per heavy atom. The number of hydrogen-bond donors (Lipinski definition) is 1. The fourth-order valence-electron chi connectivity index (χ4n) is 1.71. The van der Waals surface area contributed by atoms with Crippen LogP contribution >= 0.6 is 0 Å². The van der Waals surface area contributed by atoms with E-state index in [4.69, 9.17) is 0 Å². The second-order valence-corrected chi connectivity index (χ2v) is 4.82. The fourth-order valence-corrected chi connectivity index (χ4v) is 1.71. The molecule has 0 aromatic heterocycles. The summed E-state index contributed by atoms with van der Waals surface area (Å²) in [7, 11) is 0. The molecule has 0 rings (SSSR count). The van der Waals surface area contributed by atoms with Crippen LogP contribution in [0.3, 0.4) is 0 Å². The molecule has 0 radical (unpaired) electrons. The first-order valence-electron chi connectivity index (χ1n) is 6.59. The highest BCUT2D eigenvalue weighted by molar-refractivity contribution is 4.43. The van der Waals surface area contributed by atoms with Crippen LogP contribution in [0.25, 0.3) is 0 Å². The first kappa shape index (κ1) is 14.0. The molecule has 0 spiro atoms. The Morgan fingerprint density at radius 1 is 0.857 bits per heavy atom. The van der Waals surface area contributed by atoms with Crippen LogP contribution in [0, 0.1) is 5.92 Å². The maximum Gasteiger partial charge on any atom is 0.0755 e. The summed E-state index contributed by atoms with van der Waals surface area (Å²) in [5.74, 6) is 0.882. The van der Waals surface area contributed by atoms with Crippen LogP contribution < -0.4 is 5.32 Å². The minimum Gasteiger partial charge on any atom is -0.346 e. The fraction of sp³-hybridized carbons (Fsp3) is 1.00. The minimum absolute atomic E-state index is 0.882. The zero-order chi connectivity index (χ0) is 10.6. The number of hydrogen-bond acceptors (Lipinski definition) is 0. The molecule has 0 aromatic carbocycles. The van der Waals surface area contributed by atoms with Crippen LogP contribution in [0.1, 0.15) is 65.7 Å². The van der Waals surface area contributed by atoms with Gasteiger partial charge in [0.1, 0.15) is 0 Å². The molecule has 0 fully saturated rings. The topological polar surface area (TPSA) is 16.6 Å². The van der Waals surface area contributed by atoms with Gasteiger partial charge in [0.25, 0.3) is 0 Å². The van der Waals surface area contributed by atoms with E-state index in [9.17, 15) is 0 Å². The van der Waals surface area contributed by atoms with Crippen molar-refractivity contribution in [1.82, 2.24) is 0 Å². The van der Waals surface area contributed by atoms with Gasteiger partial charge in [-0.15, -0.1) is 0 Å².